The zero-order valence-electron chi connectivity index (χ0n) is 14.5. The van der Waals surface area contributed by atoms with E-state index < -0.39 is 10.0 Å². The average molecular weight is 343 g/mol. The number of likely N-dealkylation sites (N-methyl/N-ethyl adjacent to an activating group) is 1. The molecule has 7 nitrogen and oxygen atoms in total. The van der Waals surface area contributed by atoms with Crippen LogP contribution in [0.2, 0.25) is 0 Å². The molecule has 1 aliphatic heterocycles. The monoisotopic (exact) mass is 343 g/mol. The third-order valence-electron chi connectivity index (χ3n) is 4.45. The number of hydrogen-bond acceptors (Lipinski definition) is 5. The Labute approximate surface area is 139 Å². The van der Waals surface area contributed by atoms with Crippen LogP contribution in [0.4, 0.5) is 0 Å². The van der Waals surface area contributed by atoms with Crippen molar-refractivity contribution in [1.82, 2.24) is 24.5 Å². The maximum absolute atomic E-state index is 12.3. The number of H-pyrrole nitrogens is 1. The van der Waals surface area contributed by atoms with Gasteiger partial charge in [0.05, 0.1) is 6.20 Å². The second kappa shape index (κ2) is 7.74. The van der Waals surface area contributed by atoms with Gasteiger partial charge in [0, 0.05) is 44.7 Å². The fourth-order valence-corrected chi connectivity index (χ4v) is 3.75. The summed E-state index contributed by atoms with van der Waals surface area (Å²) in [4.78, 5) is 11.8. The SMILES string of the molecule is CCN1CCN([C@@H](C)CNS(=O)(=O)c2cnc(C(C)C)[nH]2)CC1. The van der Waals surface area contributed by atoms with Crippen molar-refractivity contribution in [1.29, 1.82) is 0 Å². The second-order valence-electron chi connectivity index (χ2n) is 6.46. The van der Waals surface area contributed by atoms with Crippen molar-refractivity contribution in [3.05, 3.63) is 12.0 Å². The van der Waals surface area contributed by atoms with Crippen LogP contribution in [0.5, 0.6) is 0 Å². The Morgan fingerprint density at radius 2 is 1.91 bits per heavy atom. The van der Waals surface area contributed by atoms with E-state index in [0.717, 1.165) is 32.7 Å². The summed E-state index contributed by atoms with van der Waals surface area (Å²) in [5, 5.41) is 0.143. The van der Waals surface area contributed by atoms with Crippen LogP contribution in [0.25, 0.3) is 0 Å². The highest BCUT2D eigenvalue weighted by molar-refractivity contribution is 7.89. The molecule has 2 rings (SSSR count). The van der Waals surface area contributed by atoms with E-state index in [9.17, 15) is 8.42 Å². The lowest BCUT2D eigenvalue weighted by atomic mass is 10.2. The molecule has 1 atom stereocenters. The molecule has 2 heterocycles. The van der Waals surface area contributed by atoms with E-state index in [1.165, 1.54) is 6.20 Å². The molecule has 0 aromatic carbocycles. The first-order valence-corrected chi connectivity index (χ1v) is 9.82. The van der Waals surface area contributed by atoms with Crippen molar-refractivity contribution >= 4 is 10.0 Å². The van der Waals surface area contributed by atoms with Gasteiger partial charge in [0.15, 0.2) is 5.03 Å². The van der Waals surface area contributed by atoms with Gasteiger partial charge < -0.3 is 9.88 Å². The van der Waals surface area contributed by atoms with Gasteiger partial charge in [-0.1, -0.05) is 20.8 Å². The van der Waals surface area contributed by atoms with Gasteiger partial charge in [-0.25, -0.2) is 18.1 Å². The Hall–Kier alpha value is -0.960. The Morgan fingerprint density at radius 1 is 1.26 bits per heavy atom. The highest BCUT2D eigenvalue weighted by atomic mass is 32.2. The molecule has 23 heavy (non-hydrogen) atoms. The first-order valence-electron chi connectivity index (χ1n) is 8.34. The number of rotatable bonds is 7. The first-order chi connectivity index (χ1) is 10.8. The van der Waals surface area contributed by atoms with Crippen LogP contribution in [-0.2, 0) is 10.0 Å². The van der Waals surface area contributed by atoms with Crippen molar-refractivity contribution in [2.45, 2.75) is 44.7 Å². The Kier molecular flexibility index (Phi) is 6.19. The summed E-state index contributed by atoms with van der Waals surface area (Å²) in [6.45, 7) is 13.7. The topological polar surface area (TPSA) is 81.3 Å². The van der Waals surface area contributed by atoms with Gasteiger partial charge in [0.25, 0.3) is 10.0 Å². The minimum absolute atomic E-state index is 0.143. The molecule has 0 bridgehead atoms. The summed E-state index contributed by atoms with van der Waals surface area (Å²) in [7, 11) is -3.53. The van der Waals surface area contributed by atoms with Crippen LogP contribution in [0.3, 0.4) is 0 Å². The Morgan fingerprint density at radius 3 is 2.43 bits per heavy atom. The van der Waals surface area contributed by atoms with Crippen LogP contribution in [0.15, 0.2) is 11.2 Å². The number of nitrogens with zero attached hydrogens (tertiary/aromatic N) is 3. The number of piperazine rings is 1. The quantitative estimate of drug-likeness (QED) is 0.767. The van der Waals surface area contributed by atoms with Crippen molar-refractivity contribution in [3.63, 3.8) is 0 Å². The molecule has 0 saturated carbocycles. The van der Waals surface area contributed by atoms with E-state index in [1.807, 2.05) is 13.8 Å². The number of aromatic nitrogens is 2. The molecule has 1 fully saturated rings. The van der Waals surface area contributed by atoms with Crippen LogP contribution < -0.4 is 4.72 Å². The lowest BCUT2D eigenvalue weighted by Gasteiger charge is -2.37. The maximum atomic E-state index is 12.3. The van der Waals surface area contributed by atoms with E-state index in [4.69, 9.17) is 0 Å². The molecule has 1 saturated heterocycles. The van der Waals surface area contributed by atoms with Crippen molar-refractivity contribution in [2.75, 3.05) is 39.3 Å². The van der Waals surface area contributed by atoms with Crippen molar-refractivity contribution < 1.29 is 8.42 Å². The minimum atomic E-state index is -3.53. The van der Waals surface area contributed by atoms with Crippen LogP contribution in [-0.4, -0.2) is 73.5 Å². The molecule has 132 valence electrons. The van der Waals surface area contributed by atoms with Gasteiger partial charge in [-0.05, 0) is 13.5 Å². The van der Waals surface area contributed by atoms with E-state index >= 15 is 0 Å². The normalized spacial score (nSPS) is 19.3. The molecular weight excluding hydrogens is 314 g/mol. The number of sulfonamides is 1. The van der Waals surface area contributed by atoms with Crippen molar-refractivity contribution in [2.24, 2.45) is 0 Å². The third-order valence-corrected chi connectivity index (χ3v) is 5.79. The van der Waals surface area contributed by atoms with E-state index in [-0.39, 0.29) is 17.0 Å². The van der Waals surface area contributed by atoms with Gasteiger partial charge in [-0.3, -0.25) is 4.90 Å². The zero-order chi connectivity index (χ0) is 17.0. The zero-order valence-corrected chi connectivity index (χ0v) is 15.4. The Bertz CT molecular complexity index is 591. The van der Waals surface area contributed by atoms with Gasteiger partial charge in [0.1, 0.15) is 5.82 Å². The van der Waals surface area contributed by atoms with Gasteiger partial charge in [-0.2, -0.15) is 0 Å². The summed E-state index contributed by atoms with van der Waals surface area (Å²) in [5.41, 5.74) is 0. The standard InChI is InChI=1S/C15H29N5O2S/c1-5-19-6-8-20(9-7-19)13(4)10-17-23(21,22)14-11-16-15(18-14)12(2)3/h11-13,17H,5-10H2,1-4H3,(H,16,18)/t13-/m0/s1. The largest absolute Gasteiger partial charge is 0.332 e. The van der Waals surface area contributed by atoms with Gasteiger partial charge in [-0.15, -0.1) is 0 Å². The summed E-state index contributed by atoms with van der Waals surface area (Å²) in [6, 6.07) is 0.177. The van der Waals surface area contributed by atoms with Crippen LogP contribution in [0.1, 0.15) is 39.4 Å². The smallest absolute Gasteiger partial charge is 0.257 e. The maximum Gasteiger partial charge on any atom is 0.257 e. The fraction of sp³-hybridized carbons (Fsp3) is 0.800. The molecule has 1 aliphatic rings. The number of aromatic amines is 1. The molecule has 2 N–H and O–H groups in total. The molecule has 1 aromatic rings. The molecule has 0 radical (unpaired) electrons. The fourth-order valence-electron chi connectivity index (χ4n) is 2.71. The highest BCUT2D eigenvalue weighted by Crippen LogP contribution is 2.13. The number of imidazole rings is 1. The van der Waals surface area contributed by atoms with Crippen LogP contribution in [0, 0.1) is 0 Å². The first kappa shape index (κ1) is 18.4. The van der Waals surface area contributed by atoms with Gasteiger partial charge >= 0.3 is 0 Å². The number of nitrogens with one attached hydrogen (secondary N) is 2. The lowest BCUT2D eigenvalue weighted by Crippen LogP contribution is -2.52. The van der Waals surface area contributed by atoms with Crippen molar-refractivity contribution in [3.8, 4) is 0 Å². The number of hydrogen-bond donors (Lipinski definition) is 2. The third kappa shape index (κ3) is 4.76. The minimum Gasteiger partial charge on any atom is -0.332 e. The van der Waals surface area contributed by atoms with Gasteiger partial charge in [0.2, 0.25) is 0 Å². The highest BCUT2D eigenvalue weighted by Gasteiger charge is 2.23. The molecular formula is C15H29N5O2S. The van der Waals surface area contributed by atoms with E-state index in [1.54, 1.807) is 0 Å². The molecule has 0 spiro atoms. The molecule has 0 unspecified atom stereocenters. The van der Waals surface area contributed by atoms with E-state index in [0.29, 0.717) is 12.4 Å². The predicted molar refractivity (Wildman–Crippen MR) is 91.0 cm³/mol. The van der Waals surface area contributed by atoms with E-state index in [2.05, 4.69) is 38.3 Å². The molecule has 1 aromatic heterocycles. The summed E-state index contributed by atoms with van der Waals surface area (Å²) in [6.07, 6.45) is 1.39. The summed E-state index contributed by atoms with van der Waals surface area (Å²) >= 11 is 0. The summed E-state index contributed by atoms with van der Waals surface area (Å²) in [5.74, 6) is 0.863. The second-order valence-corrected chi connectivity index (χ2v) is 8.19. The molecule has 0 amide bonds. The summed E-state index contributed by atoms with van der Waals surface area (Å²) < 4.78 is 27.4. The van der Waals surface area contributed by atoms with Crippen LogP contribution >= 0.6 is 0 Å². The molecule has 8 heteroatoms. The lowest BCUT2D eigenvalue weighted by molar-refractivity contribution is 0.107. The Balaban J connectivity index is 1.88. The molecule has 0 aliphatic carbocycles. The average Bonchev–Trinajstić information content (AvgIpc) is 3.04. The predicted octanol–water partition coefficient (Wildman–Crippen LogP) is 0.837.